The van der Waals surface area contributed by atoms with E-state index in [1.807, 2.05) is 0 Å². The molecule has 1 aromatic heterocycles. The van der Waals surface area contributed by atoms with Crippen LogP contribution in [0.15, 0.2) is 0 Å². The first-order valence-corrected chi connectivity index (χ1v) is 9.98. The number of alkyl halides is 2. The van der Waals surface area contributed by atoms with E-state index in [1.165, 1.54) is 19.3 Å². The van der Waals surface area contributed by atoms with Crippen LogP contribution in [0.3, 0.4) is 0 Å². The van der Waals surface area contributed by atoms with Crippen LogP contribution in [0.5, 0.6) is 0 Å². The topological polar surface area (TPSA) is 79.3 Å². The zero-order valence-electron chi connectivity index (χ0n) is 14.6. The van der Waals surface area contributed by atoms with Crippen molar-refractivity contribution in [1.82, 2.24) is 4.98 Å². The first-order valence-electron chi connectivity index (χ1n) is 9.16. The SMILES string of the molecule is CCc1sc(NC(=O)C23CC4CC(CC(C4)C2)C3)nc1C(F)(F)C(=O)O. The Kier molecular flexibility index (Phi) is 4.09. The van der Waals surface area contributed by atoms with Crippen molar-refractivity contribution >= 4 is 28.3 Å². The number of carboxylic acids is 1. The molecular weight excluding hydrogens is 362 g/mol. The van der Waals surface area contributed by atoms with Crippen LogP contribution in [0.4, 0.5) is 13.9 Å². The number of anilines is 1. The van der Waals surface area contributed by atoms with Crippen molar-refractivity contribution in [2.75, 3.05) is 5.32 Å². The minimum Gasteiger partial charge on any atom is -0.476 e. The van der Waals surface area contributed by atoms with Crippen molar-refractivity contribution in [2.45, 2.75) is 57.8 Å². The fraction of sp³-hybridized carbons (Fsp3) is 0.722. The van der Waals surface area contributed by atoms with Crippen LogP contribution in [0.1, 0.15) is 56.0 Å². The maximum atomic E-state index is 13.9. The lowest BCUT2D eigenvalue weighted by molar-refractivity contribution is -0.166. The molecule has 4 saturated carbocycles. The number of hydrogen-bond donors (Lipinski definition) is 2. The summed E-state index contributed by atoms with van der Waals surface area (Å²) in [6, 6.07) is 0. The summed E-state index contributed by atoms with van der Waals surface area (Å²) in [4.78, 5) is 27.9. The second-order valence-corrected chi connectivity index (χ2v) is 9.26. The van der Waals surface area contributed by atoms with Crippen LogP contribution < -0.4 is 5.32 Å². The fourth-order valence-electron chi connectivity index (χ4n) is 5.61. The Morgan fingerprint density at radius 1 is 1.23 bits per heavy atom. The summed E-state index contributed by atoms with van der Waals surface area (Å²) in [5, 5.41) is 11.6. The molecule has 0 saturated heterocycles. The molecule has 2 N–H and O–H groups in total. The van der Waals surface area contributed by atoms with E-state index < -0.39 is 23.0 Å². The lowest BCUT2D eigenvalue weighted by Gasteiger charge is -2.55. The molecule has 8 heteroatoms. The molecular formula is C18H22F2N2O3S. The summed E-state index contributed by atoms with van der Waals surface area (Å²) in [7, 11) is 0. The molecule has 1 amide bonds. The molecule has 4 aliphatic carbocycles. The first-order chi connectivity index (χ1) is 12.2. The number of nitrogens with one attached hydrogen (secondary N) is 1. The molecule has 0 radical (unpaired) electrons. The number of carbonyl (C=O) groups excluding carboxylic acids is 1. The van der Waals surface area contributed by atoms with Gasteiger partial charge in [0.25, 0.3) is 0 Å². The molecule has 0 aliphatic heterocycles. The van der Waals surface area contributed by atoms with E-state index >= 15 is 0 Å². The van der Waals surface area contributed by atoms with Crippen molar-refractivity contribution in [3.8, 4) is 0 Å². The average molecular weight is 384 g/mol. The molecule has 0 aromatic carbocycles. The van der Waals surface area contributed by atoms with Gasteiger partial charge >= 0.3 is 11.9 Å². The highest BCUT2D eigenvalue weighted by atomic mass is 32.1. The lowest BCUT2D eigenvalue weighted by atomic mass is 9.49. The second-order valence-electron chi connectivity index (χ2n) is 8.18. The highest BCUT2D eigenvalue weighted by Gasteiger charge is 2.55. The molecule has 142 valence electrons. The summed E-state index contributed by atoms with van der Waals surface area (Å²) >= 11 is 0.950. The van der Waals surface area contributed by atoms with Gasteiger partial charge in [0.15, 0.2) is 5.13 Å². The fourth-order valence-corrected chi connectivity index (χ4v) is 6.54. The van der Waals surface area contributed by atoms with Gasteiger partial charge in [0.2, 0.25) is 5.91 Å². The minimum atomic E-state index is -4.05. The number of aryl methyl sites for hydroxylation is 1. The van der Waals surface area contributed by atoms with Crippen molar-refractivity contribution in [3.63, 3.8) is 0 Å². The van der Waals surface area contributed by atoms with Gasteiger partial charge in [0.05, 0.1) is 5.41 Å². The average Bonchev–Trinajstić information content (AvgIpc) is 2.97. The van der Waals surface area contributed by atoms with E-state index in [0.717, 1.165) is 30.6 Å². The van der Waals surface area contributed by atoms with Gasteiger partial charge in [-0.15, -0.1) is 11.3 Å². The first kappa shape index (κ1) is 17.8. The van der Waals surface area contributed by atoms with Crippen molar-refractivity contribution < 1.29 is 23.5 Å². The molecule has 26 heavy (non-hydrogen) atoms. The predicted octanol–water partition coefficient (Wildman–Crippen LogP) is 4.04. The Morgan fingerprint density at radius 3 is 2.23 bits per heavy atom. The summed E-state index contributed by atoms with van der Waals surface area (Å²) in [5.41, 5.74) is -1.15. The van der Waals surface area contributed by atoms with Crippen LogP contribution in [-0.4, -0.2) is 22.0 Å². The third-order valence-corrected chi connectivity index (χ3v) is 7.44. The molecule has 4 bridgehead atoms. The Labute approximate surface area is 154 Å². The normalized spacial score (nSPS) is 32.7. The number of rotatable bonds is 5. The molecule has 5 nitrogen and oxygen atoms in total. The molecule has 5 rings (SSSR count). The Morgan fingerprint density at radius 2 is 1.77 bits per heavy atom. The molecule has 0 unspecified atom stereocenters. The van der Waals surface area contributed by atoms with Crippen LogP contribution >= 0.6 is 11.3 Å². The second kappa shape index (κ2) is 5.97. The van der Waals surface area contributed by atoms with Crippen LogP contribution in [-0.2, 0) is 21.9 Å². The van der Waals surface area contributed by atoms with Crippen molar-refractivity contribution in [1.29, 1.82) is 0 Å². The Balaban J connectivity index is 1.57. The number of halogens is 2. The maximum absolute atomic E-state index is 13.9. The number of nitrogens with zero attached hydrogens (tertiary/aromatic N) is 1. The van der Waals surface area contributed by atoms with Crippen molar-refractivity contribution in [2.24, 2.45) is 23.2 Å². The van der Waals surface area contributed by atoms with Crippen LogP contribution in [0.25, 0.3) is 0 Å². The van der Waals surface area contributed by atoms with Gasteiger partial charge < -0.3 is 10.4 Å². The van der Waals surface area contributed by atoms with Gasteiger partial charge in [0.1, 0.15) is 5.69 Å². The van der Waals surface area contributed by atoms with Crippen LogP contribution in [0.2, 0.25) is 0 Å². The number of thiazole rings is 1. The quantitative estimate of drug-likeness (QED) is 0.803. The minimum absolute atomic E-state index is 0.0820. The van der Waals surface area contributed by atoms with Crippen molar-refractivity contribution in [3.05, 3.63) is 10.6 Å². The molecule has 0 atom stereocenters. The highest BCUT2D eigenvalue weighted by molar-refractivity contribution is 7.15. The van der Waals surface area contributed by atoms with Gasteiger partial charge in [-0.1, -0.05) is 6.92 Å². The molecule has 1 aromatic rings. The third kappa shape index (κ3) is 2.73. The van der Waals surface area contributed by atoms with Gasteiger partial charge in [-0.25, -0.2) is 9.78 Å². The largest absolute Gasteiger partial charge is 0.476 e. The summed E-state index contributed by atoms with van der Waals surface area (Å²) in [6.45, 7) is 1.67. The van der Waals surface area contributed by atoms with E-state index in [9.17, 15) is 18.4 Å². The number of amides is 1. The monoisotopic (exact) mass is 384 g/mol. The number of aromatic nitrogens is 1. The maximum Gasteiger partial charge on any atom is 0.385 e. The van der Waals surface area contributed by atoms with E-state index in [2.05, 4.69) is 10.3 Å². The number of carboxylic acid groups (broad SMARTS) is 1. The lowest BCUT2D eigenvalue weighted by Crippen LogP contribution is -2.51. The summed E-state index contributed by atoms with van der Waals surface area (Å²) in [5.74, 6) is -4.61. The Hall–Kier alpha value is -1.57. The number of carbonyl (C=O) groups is 2. The number of aliphatic carboxylic acids is 1. The highest BCUT2D eigenvalue weighted by Crippen LogP contribution is 2.60. The molecule has 1 heterocycles. The number of hydrogen-bond acceptors (Lipinski definition) is 4. The van der Waals surface area contributed by atoms with E-state index in [-0.39, 0.29) is 22.3 Å². The molecule has 4 aliphatic rings. The van der Waals surface area contributed by atoms with Gasteiger partial charge in [0, 0.05) is 4.88 Å². The van der Waals surface area contributed by atoms with Crippen LogP contribution in [0, 0.1) is 23.2 Å². The zero-order valence-corrected chi connectivity index (χ0v) is 15.4. The van der Waals surface area contributed by atoms with E-state index in [4.69, 9.17) is 5.11 Å². The summed E-state index contributed by atoms with van der Waals surface area (Å²) < 4.78 is 27.8. The predicted molar refractivity (Wildman–Crippen MR) is 92.3 cm³/mol. The molecule has 4 fully saturated rings. The Bertz CT molecular complexity index is 726. The van der Waals surface area contributed by atoms with Gasteiger partial charge in [-0.2, -0.15) is 8.78 Å². The third-order valence-electron chi connectivity index (χ3n) is 6.32. The smallest absolute Gasteiger partial charge is 0.385 e. The standard InChI is InChI=1S/C18H22F2N2O3S/c1-2-12-13(18(19,20)15(24)25)21-16(26-12)22-14(23)17-6-9-3-10(7-17)5-11(4-9)8-17/h9-11H,2-8H2,1H3,(H,24,25)(H,21,22,23). The van der Waals surface area contributed by atoms with Gasteiger partial charge in [-0.05, 0) is 62.7 Å². The van der Waals surface area contributed by atoms with Gasteiger partial charge in [-0.3, -0.25) is 4.79 Å². The molecule has 0 spiro atoms. The summed E-state index contributed by atoms with van der Waals surface area (Å²) in [6.07, 6.45) is 6.47. The van der Waals surface area contributed by atoms with E-state index in [0.29, 0.717) is 17.8 Å². The van der Waals surface area contributed by atoms with E-state index in [1.54, 1.807) is 6.92 Å². The zero-order chi connectivity index (χ0) is 18.7.